The average Bonchev–Trinajstić information content (AvgIpc) is 2.59. The minimum Gasteiger partial charge on any atom is -0.504 e. The summed E-state index contributed by atoms with van der Waals surface area (Å²) in [6.07, 6.45) is 0. The van der Waals surface area contributed by atoms with Gasteiger partial charge in [0.2, 0.25) is 0 Å². The molecule has 0 aliphatic rings. The van der Waals surface area contributed by atoms with Crippen molar-refractivity contribution in [3.8, 4) is 11.5 Å². The predicted octanol–water partition coefficient (Wildman–Crippen LogP) is 2.21. The molecule has 2 aromatic rings. The largest absolute Gasteiger partial charge is 0.504 e. The molecule has 0 aliphatic heterocycles. The Kier molecular flexibility index (Phi) is 6.03. The smallest absolute Gasteiger partial charge is 0.251 e. The molecule has 0 unspecified atom stereocenters. The maximum Gasteiger partial charge on any atom is 0.251 e. The SMILES string of the molecule is COc1cc(C(=O)NCCNC(=O)c2ccc(Cl)cc2)ccc1O. The Morgan fingerprint density at radius 1 is 1.00 bits per heavy atom. The number of benzene rings is 2. The summed E-state index contributed by atoms with van der Waals surface area (Å²) in [5.74, 6) is -0.385. The monoisotopic (exact) mass is 348 g/mol. The van der Waals surface area contributed by atoms with Gasteiger partial charge in [0.05, 0.1) is 7.11 Å². The van der Waals surface area contributed by atoms with E-state index < -0.39 is 0 Å². The average molecular weight is 349 g/mol. The van der Waals surface area contributed by atoms with Crippen molar-refractivity contribution in [3.63, 3.8) is 0 Å². The molecule has 0 atom stereocenters. The number of rotatable bonds is 6. The van der Waals surface area contributed by atoms with Gasteiger partial charge in [-0.25, -0.2) is 0 Å². The number of carbonyl (C=O) groups excluding carboxylic acids is 2. The minimum absolute atomic E-state index is 0.0377. The summed E-state index contributed by atoms with van der Waals surface area (Å²) in [6.45, 7) is 0.545. The highest BCUT2D eigenvalue weighted by Gasteiger charge is 2.10. The third-order valence-corrected chi connectivity index (χ3v) is 3.50. The molecule has 2 rings (SSSR count). The van der Waals surface area contributed by atoms with Crippen molar-refractivity contribution in [2.75, 3.05) is 20.2 Å². The molecule has 3 N–H and O–H groups in total. The Morgan fingerprint density at radius 2 is 1.54 bits per heavy atom. The van der Waals surface area contributed by atoms with Crippen LogP contribution in [0.5, 0.6) is 11.5 Å². The number of hydrogen-bond donors (Lipinski definition) is 3. The van der Waals surface area contributed by atoms with Crippen LogP contribution in [0.25, 0.3) is 0 Å². The van der Waals surface area contributed by atoms with Gasteiger partial charge in [-0.05, 0) is 42.5 Å². The van der Waals surface area contributed by atoms with Gasteiger partial charge in [0, 0.05) is 29.2 Å². The Bertz CT molecular complexity index is 732. The van der Waals surface area contributed by atoms with Gasteiger partial charge in [0.25, 0.3) is 11.8 Å². The van der Waals surface area contributed by atoms with Gasteiger partial charge < -0.3 is 20.5 Å². The van der Waals surface area contributed by atoms with E-state index in [2.05, 4.69) is 10.6 Å². The number of methoxy groups -OCH3 is 1. The van der Waals surface area contributed by atoms with E-state index in [9.17, 15) is 14.7 Å². The Morgan fingerprint density at radius 3 is 2.12 bits per heavy atom. The van der Waals surface area contributed by atoms with Crippen LogP contribution in [0.4, 0.5) is 0 Å². The molecule has 2 amide bonds. The lowest BCUT2D eigenvalue weighted by molar-refractivity contribution is 0.0927. The maximum absolute atomic E-state index is 12.0. The van der Waals surface area contributed by atoms with E-state index in [1.165, 1.54) is 25.3 Å². The second-order valence-electron chi connectivity index (χ2n) is 4.91. The lowest BCUT2D eigenvalue weighted by atomic mass is 10.2. The standard InChI is InChI=1S/C17H17ClN2O4/c1-24-15-10-12(4-7-14(15)21)17(23)20-9-8-19-16(22)11-2-5-13(18)6-3-11/h2-7,10,21H,8-9H2,1H3,(H,19,22)(H,20,23). The topological polar surface area (TPSA) is 87.7 Å². The predicted molar refractivity (Wildman–Crippen MR) is 90.8 cm³/mol. The summed E-state index contributed by atoms with van der Waals surface area (Å²) in [4.78, 5) is 23.9. The molecule has 24 heavy (non-hydrogen) atoms. The number of ether oxygens (including phenoxy) is 1. The zero-order valence-electron chi connectivity index (χ0n) is 13.0. The van der Waals surface area contributed by atoms with Crippen LogP contribution in [0, 0.1) is 0 Å². The van der Waals surface area contributed by atoms with Gasteiger partial charge >= 0.3 is 0 Å². The third-order valence-electron chi connectivity index (χ3n) is 3.24. The molecule has 6 nitrogen and oxygen atoms in total. The van der Waals surface area contributed by atoms with Gasteiger partial charge in [0.1, 0.15) is 0 Å². The number of carbonyl (C=O) groups is 2. The van der Waals surface area contributed by atoms with Crippen molar-refractivity contribution in [2.45, 2.75) is 0 Å². The quantitative estimate of drug-likeness (QED) is 0.698. The molecule has 0 fully saturated rings. The summed E-state index contributed by atoms with van der Waals surface area (Å²) in [5, 5.41) is 15.4. The number of phenols is 1. The van der Waals surface area contributed by atoms with Gasteiger partial charge in [-0.3, -0.25) is 9.59 Å². The molecule has 0 radical (unpaired) electrons. The number of hydrogen-bond acceptors (Lipinski definition) is 4. The molecular formula is C17H17ClN2O4. The fourth-order valence-electron chi connectivity index (χ4n) is 1.98. The van der Waals surface area contributed by atoms with Crippen LogP contribution in [0.3, 0.4) is 0 Å². The molecule has 0 aromatic heterocycles. The van der Waals surface area contributed by atoms with Crippen LogP contribution in [-0.4, -0.2) is 37.1 Å². The van der Waals surface area contributed by atoms with Gasteiger partial charge in [-0.2, -0.15) is 0 Å². The first-order valence-corrected chi connectivity index (χ1v) is 7.58. The van der Waals surface area contributed by atoms with E-state index in [-0.39, 0.29) is 36.4 Å². The zero-order chi connectivity index (χ0) is 17.5. The van der Waals surface area contributed by atoms with E-state index in [0.29, 0.717) is 16.1 Å². The van der Waals surface area contributed by atoms with Crippen LogP contribution < -0.4 is 15.4 Å². The first-order valence-electron chi connectivity index (χ1n) is 7.20. The first kappa shape index (κ1) is 17.6. The van der Waals surface area contributed by atoms with Gasteiger partial charge in [0.15, 0.2) is 11.5 Å². The summed E-state index contributed by atoms with van der Waals surface area (Å²) in [5.41, 5.74) is 0.850. The molecule has 2 aromatic carbocycles. The second-order valence-corrected chi connectivity index (χ2v) is 5.34. The Balaban J connectivity index is 1.80. The maximum atomic E-state index is 12.0. The molecular weight excluding hydrogens is 332 g/mol. The summed E-state index contributed by atoms with van der Waals surface area (Å²) >= 11 is 5.76. The molecule has 0 saturated heterocycles. The minimum atomic E-state index is -0.325. The van der Waals surface area contributed by atoms with E-state index >= 15 is 0 Å². The molecule has 0 saturated carbocycles. The van der Waals surface area contributed by atoms with Crippen LogP contribution in [0.1, 0.15) is 20.7 Å². The fraction of sp³-hybridized carbons (Fsp3) is 0.176. The summed E-state index contributed by atoms with van der Waals surface area (Å²) in [7, 11) is 1.41. The number of nitrogens with one attached hydrogen (secondary N) is 2. The van der Waals surface area contributed by atoms with Crippen molar-refractivity contribution < 1.29 is 19.4 Å². The van der Waals surface area contributed by atoms with E-state index in [0.717, 1.165) is 0 Å². The highest BCUT2D eigenvalue weighted by atomic mass is 35.5. The molecule has 0 heterocycles. The van der Waals surface area contributed by atoms with Crippen molar-refractivity contribution >= 4 is 23.4 Å². The first-order chi connectivity index (χ1) is 11.5. The van der Waals surface area contributed by atoms with Crippen molar-refractivity contribution in [1.82, 2.24) is 10.6 Å². The Hall–Kier alpha value is -2.73. The molecule has 7 heteroatoms. The lowest BCUT2D eigenvalue weighted by Gasteiger charge is -2.09. The van der Waals surface area contributed by atoms with Crippen molar-refractivity contribution in [1.29, 1.82) is 0 Å². The molecule has 0 bridgehead atoms. The van der Waals surface area contributed by atoms with Crippen LogP contribution in [0.2, 0.25) is 5.02 Å². The molecule has 126 valence electrons. The van der Waals surface area contributed by atoms with Crippen LogP contribution in [-0.2, 0) is 0 Å². The highest BCUT2D eigenvalue weighted by Crippen LogP contribution is 2.26. The zero-order valence-corrected chi connectivity index (χ0v) is 13.8. The van der Waals surface area contributed by atoms with E-state index in [1.54, 1.807) is 24.3 Å². The molecule has 0 spiro atoms. The van der Waals surface area contributed by atoms with Crippen LogP contribution >= 0.6 is 11.6 Å². The summed E-state index contributed by atoms with van der Waals surface area (Å²) in [6, 6.07) is 10.8. The second kappa shape index (κ2) is 8.21. The summed E-state index contributed by atoms with van der Waals surface area (Å²) < 4.78 is 4.95. The lowest BCUT2D eigenvalue weighted by Crippen LogP contribution is -2.34. The Labute approximate surface area is 144 Å². The van der Waals surface area contributed by atoms with Gasteiger partial charge in [-0.15, -0.1) is 0 Å². The molecule has 0 aliphatic carbocycles. The van der Waals surface area contributed by atoms with Crippen LogP contribution in [0.15, 0.2) is 42.5 Å². The normalized spacial score (nSPS) is 10.1. The van der Waals surface area contributed by atoms with Crippen molar-refractivity contribution in [2.24, 2.45) is 0 Å². The van der Waals surface area contributed by atoms with E-state index in [1.807, 2.05) is 0 Å². The number of halogens is 1. The highest BCUT2D eigenvalue weighted by molar-refractivity contribution is 6.30. The van der Waals surface area contributed by atoms with Crippen molar-refractivity contribution in [3.05, 3.63) is 58.6 Å². The van der Waals surface area contributed by atoms with E-state index in [4.69, 9.17) is 16.3 Å². The third kappa shape index (κ3) is 4.63. The number of aromatic hydroxyl groups is 1. The fourth-order valence-corrected chi connectivity index (χ4v) is 2.10. The number of phenolic OH excluding ortho intramolecular Hbond substituents is 1. The van der Waals surface area contributed by atoms with Gasteiger partial charge in [-0.1, -0.05) is 11.6 Å². The number of amides is 2.